The van der Waals surface area contributed by atoms with Gasteiger partial charge in [0.1, 0.15) is 23.5 Å². The smallest absolute Gasteiger partial charge is 0.254 e. The van der Waals surface area contributed by atoms with Crippen molar-refractivity contribution in [1.82, 2.24) is 14.3 Å². The molecule has 7 heteroatoms. The van der Waals surface area contributed by atoms with Gasteiger partial charge < -0.3 is 19.8 Å². The molecule has 2 aromatic heterocycles. The number of likely N-dealkylation sites (N-methyl/N-ethyl adjacent to an activating group) is 1. The Morgan fingerprint density at radius 1 is 1.21 bits per heavy atom. The predicted octanol–water partition coefficient (Wildman–Crippen LogP) is 2.78. The van der Waals surface area contributed by atoms with Crippen molar-refractivity contribution in [2.24, 2.45) is 5.73 Å². The Balaban J connectivity index is 1.49. The van der Waals surface area contributed by atoms with Gasteiger partial charge in [-0.1, -0.05) is 25.0 Å². The Morgan fingerprint density at radius 2 is 2.00 bits per heavy atom. The molecule has 0 aliphatic heterocycles. The van der Waals surface area contributed by atoms with Crippen LogP contribution in [0, 0.1) is 0 Å². The van der Waals surface area contributed by atoms with E-state index in [-0.39, 0.29) is 5.91 Å². The molecular weight excluding hydrogens is 368 g/mol. The van der Waals surface area contributed by atoms with E-state index >= 15 is 0 Å². The lowest BCUT2D eigenvalue weighted by Gasteiger charge is -2.36. The molecule has 1 aliphatic carbocycles. The maximum absolute atomic E-state index is 13.0. The third-order valence-electron chi connectivity index (χ3n) is 5.72. The fourth-order valence-corrected chi connectivity index (χ4v) is 4.03. The number of amides is 2. The van der Waals surface area contributed by atoms with Gasteiger partial charge in [0.15, 0.2) is 0 Å². The molecule has 1 aromatic carbocycles. The molecule has 7 nitrogen and oxygen atoms in total. The predicted molar refractivity (Wildman–Crippen MR) is 108 cm³/mol. The summed E-state index contributed by atoms with van der Waals surface area (Å²) in [6.07, 6.45) is 6.84. The molecule has 150 valence electrons. The van der Waals surface area contributed by atoms with Gasteiger partial charge in [-0.05, 0) is 43.2 Å². The minimum atomic E-state index is -0.898. The van der Waals surface area contributed by atoms with E-state index in [2.05, 4.69) is 4.98 Å². The van der Waals surface area contributed by atoms with Crippen LogP contribution in [-0.4, -0.2) is 38.7 Å². The van der Waals surface area contributed by atoms with E-state index in [0.717, 1.165) is 24.2 Å². The number of hydrogen-bond donors (Lipinski definition) is 1. The Hall–Kier alpha value is -3.35. The topological polar surface area (TPSA) is 89.9 Å². The third-order valence-corrected chi connectivity index (χ3v) is 5.72. The molecule has 1 saturated carbocycles. The number of imidazole rings is 1. The second kappa shape index (κ2) is 7.58. The van der Waals surface area contributed by atoms with E-state index < -0.39 is 11.4 Å². The summed E-state index contributed by atoms with van der Waals surface area (Å²) in [5.41, 5.74) is 6.87. The minimum Gasteiger partial charge on any atom is -0.487 e. The van der Waals surface area contributed by atoms with E-state index in [1.165, 1.54) is 4.90 Å². The van der Waals surface area contributed by atoms with Crippen LogP contribution < -0.4 is 10.5 Å². The Morgan fingerprint density at radius 3 is 2.72 bits per heavy atom. The number of carbonyl (C=O) groups excluding carboxylic acids is 2. The van der Waals surface area contributed by atoms with Crippen molar-refractivity contribution >= 4 is 17.5 Å². The second-order valence-corrected chi connectivity index (χ2v) is 7.48. The minimum absolute atomic E-state index is 0.233. The van der Waals surface area contributed by atoms with Gasteiger partial charge in [-0.2, -0.15) is 0 Å². The molecule has 2 N–H and O–H groups in total. The van der Waals surface area contributed by atoms with Crippen molar-refractivity contribution < 1.29 is 14.3 Å². The normalized spacial score (nSPS) is 15.3. The number of carbonyl (C=O) groups is 2. The highest BCUT2D eigenvalue weighted by atomic mass is 16.5. The number of aromatic nitrogens is 2. The van der Waals surface area contributed by atoms with Crippen molar-refractivity contribution in [1.29, 1.82) is 0 Å². The number of nitrogens with two attached hydrogens (primary N) is 1. The molecule has 0 atom stereocenters. The molecule has 0 radical (unpaired) electrons. The molecule has 0 bridgehead atoms. The first kappa shape index (κ1) is 19.0. The lowest BCUT2D eigenvalue weighted by atomic mass is 9.94. The van der Waals surface area contributed by atoms with Crippen LogP contribution in [0.15, 0.2) is 54.9 Å². The molecule has 29 heavy (non-hydrogen) atoms. The van der Waals surface area contributed by atoms with Crippen LogP contribution in [0.3, 0.4) is 0 Å². The monoisotopic (exact) mass is 392 g/mol. The fourth-order valence-electron chi connectivity index (χ4n) is 4.03. The summed E-state index contributed by atoms with van der Waals surface area (Å²) < 4.78 is 7.78. The molecule has 2 heterocycles. The standard InChI is InChI=1S/C22H24N4O3/c1-25(22(21(23)28)10-3-4-11-22)20(27)16-7-6-8-18(13-16)29-15-17-14-26-12-5-2-9-19(26)24-17/h2,5-9,12-14H,3-4,10-11,15H2,1H3,(H2,23,28). The second-order valence-electron chi connectivity index (χ2n) is 7.48. The highest BCUT2D eigenvalue weighted by molar-refractivity contribution is 5.99. The molecular formula is C22H24N4O3. The molecule has 1 fully saturated rings. The maximum atomic E-state index is 13.0. The lowest BCUT2D eigenvalue weighted by molar-refractivity contribution is -0.127. The summed E-state index contributed by atoms with van der Waals surface area (Å²) in [4.78, 5) is 31.1. The number of fused-ring (bicyclic) bond motifs is 1. The summed E-state index contributed by atoms with van der Waals surface area (Å²) in [6.45, 7) is 0.292. The maximum Gasteiger partial charge on any atom is 0.254 e. The SMILES string of the molecule is CN(C(=O)c1cccc(OCc2cn3ccccc3n2)c1)C1(C(N)=O)CCCC1. The summed E-state index contributed by atoms with van der Waals surface area (Å²) in [7, 11) is 1.66. The third kappa shape index (κ3) is 3.55. The number of hydrogen-bond acceptors (Lipinski definition) is 4. The zero-order valence-electron chi connectivity index (χ0n) is 16.4. The fraction of sp³-hybridized carbons (Fsp3) is 0.318. The zero-order valence-corrected chi connectivity index (χ0v) is 16.4. The van der Waals surface area contributed by atoms with E-state index in [9.17, 15) is 9.59 Å². The lowest BCUT2D eigenvalue weighted by Crippen LogP contribution is -2.56. The first-order chi connectivity index (χ1) is 14.0. The van der Waals surface area contributed by atoms with Gasteiger partial charge in [0.2, 0.25) is 5.91 Å². The quantitative estimate of drug-likeness (QED) is 0.698. The average Bonchev–Trinajstić information content (AvgIpc) is 3.39. The zero-order chi connectivity index (χ0) is 20.4. The van der Waals surface area contributed by atoms with Crippen LogP contribution in [-0.2, 0) is 11.4 Å². The van der Waals surface area contributed by atoms with E-state index in [1.54, 1.807) is 31.3 Å². The molecule has 3 aromatic rings. The number of rotatable bonds is 6. The van der Waals surface area contributed by atoms with E-state index in [0.29, 0.717) is 30.8 Å². The van der Waals surface area contributed by atoms with Crippen LogP contribution in [0.25, 0.3) is 5.65 Å². The van der Waals surface area contributed by atoms with Crippen molar-refractivity contribution in [2.45, 2.75) is 37.8 Å². The van der Waals surface area contributed by atoms with Crippen LogP contribution >= 0.6 is 0 Å². The van der Waals surface area contributed by atoms with Gasteiger partial charge in [-0.15, -0.1) is 0 Å². The number of ether oxygens (including phenoxy) is 1. The van der Waals surface area contributed by atoms with Crippen LogP contribution in [0.2, 0.25) is 0 Å². The van der Waals surface area contributed by atoms with Gasteiger partial charge in [0, 0.05) is 25.0 Å². The van der Waals surface area contributed by atoms with E-state index in [1.807, 2.05) is 35.0 Å². The number of nitrogens with zero attached hydrogens (tertiary/aromatic N) is 3. The summed E-state index contributed by atoms with van der Waals surface area (Å²) in [5, 5.41) is 0. The first-order valence-electron chi connectivity index (χ1n) is 9.73. The molecule has 4 rings (SSSR count). The van der Waals surface area contributed by atoms with Gasteiger partial charge in [-0.3, -0.25) is 9.59 Å². The molecule has 0 saturated heterocycles. The van der Waals surface area contributed by atoms with Gasteiger partial charge >= 0.3 is 0 Å². The van der Waals surface area contributed by atoms with Crippen LogP contribution in [0.5, 0.6) is 5.75 Å². The van der Waals surface area contributed by atoms with Crippen molar-refractivity contribution in [3.63, 3.8) is 0 Å². The number of benzene rings is 1. The number of pyridine rings is 1. The van der Waals surface area contributed by atoms with Gasteiger partial charge in [0.25, 0.3) is 5.91 Å². The van der Waals surface area contributed by atoms with E-state index in [4.69, 9.17) is 10.5 Å². The summed E-state index contributed by atoms with van der Waals surface area (Å²) >= 11 is 0. The molecule has 2 amide bonds. The first-order valence-corrected chi connectivity index (χ1v) is 9.73. The summed E-state index contributed by atoms with van der Waals surface area (Å²) in [5.74, 6) is -0.102. The summed E-state index contributed by atoms with van der Waals surface area (Å²) in [6, 6.07) is 12.8. The van der Waals surface area contributed by atoms with Crippen molar-refractivity contribution in [3.05, 3.63) is 66.1 Å². The van der Waals surface area contributed by atoms with Gasteiger partial charge in [0.05, 0.1) is 5.69 Å². The Labute approximate surface area is 169 Å². The average molecular weight is 392 g/mol. The van der Waals surface area contributed by atoms with Gasteiger partial charge in [-0.25, -0.2) is 4.98 Å². The highest BCUT2D eigenvalue weighted by Crippen LogP contribution is 2.35. The number of primary amides is 1. The Bertz CT molecular complexity index is 1020. The molecule has 1 aliphatic rings. The van der Waals surface area contributed by atoms with Crippen LogP contribution in [0.4, 0.5) is 0 Å². The molecule has 0 unspecified atom stereocenters. The molecule has 0 spiro atoms. The van der Waals surface area contributed by atoms with Crippen molar-refractivity contribution in [2.75, 3.05) is 7.05 Å². The van der Waals surface area contributed by atoms with Crippen molar-refractivity contribution in [3.8, 4) is 5.75 Å². The van der Waals surface area contributed by atoms with Crippen LogP contribution in [0.1, 0.15) is 41.7 Å². The highest BCUT2D eigenvalue weighted by Gasteiger charge is 2.45. The largest absolute Gasteiger partial charge is 0.487 e. The Kier molecular flexibility index (Phi) is 4.96.